The van der Waals surface area contributed by atoms with E-state index in [0.29, 0.717) is 12.8 Å². The molecular weight excluding hydrogens is 199 g/mol. The van der Waals surface area contributed by atoms with Crippen LogP contribution in [0.5, 0.6) is 5.75 Å². The van der Waals surface area contributed by atoms with Crippen LogP contribution in [0.4, 0.5) is 4.39 Å². The molecule has 0 heterocycles. The third kappa shape index (κ3) is 2.09. The van der Waals surface area contributed by atoms with E-state index < -0.39 is 11.8 Å². The molecule has 0 spiro atoms. The minimum Gasteiger partial charge on any atom is -0.505 e. The molecule has 0 saturated heterocycles. The van der Waals surface area contributed by atoms with E-state index in [1.165, 1.54) is 12.1 Å². The second-order valence-corrected chi connectivity index (χ2v) is 3.93. The van der Waals surface area contributed by atoms with E-state index in [-0.39, 0.29) is 17.6 Å². The number of aliphatic carboxylic acids is 1. The van der Waals surface area contributed by atoms with Gasteiger partial charge in [0.2, 0.25) is 0 Å². The maximum Gasteiger partial charge on any atom is 0.306 e. The summed E-state index contributed by atoms with van der Waals surface area (Å²) in [4.78, 5) is 10.6. The standard InChI is InChI=1S/C11H11FO3/c12-9-4-6(1-2-10(9)13)3-7-5-8(7)11(14)15/h1-2,4,7-8,13H,3,5H2,(H,14,15). The average molecular weight is 210 g/mol. The molecule has 0 aliphatic heterocycles. The van der Waals surface area contributed by atoms with E-state index in [1.807, 2.05) is 0 Å². The minimum atomic E-state index is -0.778. The highest BCUT2D eigenvalue weighted by Crippen LogP contribution is 2.41. The number of carbonyl (C=O) groups is 1. The van der Waals surface area contributed by atoms with Crippen molar-refractivity contribution in [2.45, 2.75) is 12.8 Å². The summed E-state index contributed by atoms with van der Waals surface area (Å²) >= 11 is 0. The summed E-state index contributed by atoms with van der Waals surface area (Å²) in [6.07, 6.45) is 1.23. The molecule has 1 aliphatic rings. The zero-order valence-electron chi connectivity index (χ0n) is 7.98. The van der Waals surface area contributed by atoms with Gasteiger partial charge in [0, 0.05) is 0 Å². The van der Waals surface area contributed by atoms with Crippen LogP contribution in [-0.4, -0.2) is 16.2 Å². The molecular formula is C11H11FO3. The van der Waals surface area contributed by atoms with Crippen molar-refractivity contribution in [2.24, 2.45) is 11.8 Å². The number of aromatic hydroxyl groups is 1. The van der Waals surface area contributed by atoms with E-state index in [4.69, 9.17) is 10.2 Å². The molecule has 0 amide bonds. The molecule has 3 nitrogen and oxygen atoms in total. The third-order valence-electron chi connectivity index (χ3n) is 2.75. The lowest BCUT2D eigenvalue weighted by Gasteiger charge is -2.01. The van der Waals surface area contributed by atoms with Gasteiger partial charge in [0.15, 0.2) is 11.6 Å². The average Bonchev–Trinajstić information content (AvgIpc) is 2.91. The summed E-state index contributed by atoms with van der Waals surface area (Å²) in [5.41, 5.74) is 0.735. The molecule has 15 heavy (non-hydrogen) atoms. The van der Waals surface area contributed by atoms with Crippen LogP contribution in [0.15, 0.2) is 18.2 Å². The van der Waals surface area contributed by atoms with Gasteiger partial charge in [0.1, 0.15) is 0 Å². The Morgan fingerprint density at radius 3 is 2.80 bits per heavy atom. The van der Waals surface area contributed by atoms with Crippen LogP contribution in [0.25, 0.3) is 0 Å². The van der Waals surface area contributed by atoms with E-state index in [2.05, 4.69) is 0 Å². The van der Waals surface area contributed by atoms with Crippen LogP contribution in [-0.2, 0) is 11.2 Å². The van der Waals surface area contributed by atoms with Gasteiger partial charge in [-0.3, -0.25) is 4.79 Å². The number of phenolic OH excluding ortho intramolecular Hbond substituents is 1. The van der Waals surface area contributed by atoms with Crippen molar-refractivity contribution in [2.75, 3.05) is 0 Å². The summed E-state index contributed by atoms with van der Waals surface area (Å²) < 4.78 is 12.9. The van der Waals surface area contributed by atoms with Crippen LogP contribution >= 0.6 is 0 Å². The Hall–Kier alpha value is -1.58. The highest BCUT2D eigenvalue weighted by Gasteiger charge is 2.42. The summed E-state index contributed by atoms with van der Waals surface area (Å²) in [5.74, 6) is -1.96. The first kappa shape index (κ1) is 9.96. The molecule has 2 atom stereocenters. The van der Waals surface area contributed by atoms with Crippen molar-refractivity contribution >= 4 is 5.97 Å². The molecule has 1 aromatic rings. The van der Waals surface area contributed by atoms with Gasteiger partial charge in [0.25, 0.3) is 0 Å². The van der Waals surface area contributed by atoms with Gasteiger partial charge in [0.05, 0.1) is 5.92 Å². The number of rotatable bonds is 3. The Morgan fingerprint density at radius 2 is 2.27 bits per heavy atom. The van der Waals surface area contributed by atoms with Gasteiger partial charge in [-0.2, -0.15) is 0 Å². The van der Waals surface area contributed by atoms with Crippen molar-refractivity contribution in [3.63, 3.8) is 0 Å². The van der Waals surface area contributed by atoms with Gasteiger partial charge >= 0.3 is 5.97 Å². The Bertz CT molecular complexity index is 403. The minimum absolute atomic E-state index is 0.117. The predicted molar refractivity (Wildman–Crippen MR) is 51.0 cm³/mol. The van der Waals surface area contributed by atoms with Crippen molar-refractivity contribution in [3.8, 4) is 5.75 Å². The zero-order chi connectivity index (χ0) is 11.0. The van der Waals surface area contributed by atoms with E-state index >= 15 is 0 Å². The predicted octanol–water partition coefficient (Wildman–Crippen LogP) is 1.79. The smallest absolute Gasteiger partial charge is 0.306 e. The monoisotopic (exact) mass is 210 g/mol. The molecule has 0 aromatic heterocycles. The van der Waals surface area contributed by atoms with Crippen LogP contribution < -0.4 is 0 Å². The topological polar surface area (TPSA) is 57.5 Å². The van der Waals surface area contributed by atoms with E-state index in [1.54, 1.807) is 6.07 Å². The maximum atomic E-state index is 12.9. The van der Waals surface area contributed by atoms with Crippen LogP contribution in [0.3, 0.4) is 0 Å². The Morgan fingerprint density at radius 1 is 1.53 bits per heavy atom. The van der Waals surface area contributed by atoms with Crippen LogP contribution in [0, 0.1) is 17.7 Å². The fraction of sp³-hybridized carbons (Fsp3) is 0.364. The fourth-order valence-corrected chi connectivity index (χ4v) is 1.76. The first-order chi connectivity index (χ1) is 7.08. The lowest BCUT2D eigenvalue weighted by molar-refractivity contribution is -0.138. The molecule has 1 fully saturated rings. The number of hydrogen-bond donors (Lipinski definition) is 2. The van der Waals surface area contributed by atoms with Gasteiger partial charge in [-0.1, -0.05) is 6.07 Å². The molecule has 2 rings (SSSR count). The molecule has 80 valence electrons. The Labute approximate surface area is 86.2 Å². The van der Waals surface area contributed by atoms with Crippen molar-refractivity contribution in [3.05, 3.63) is 29.6 Å². The Balaban J connectivity index is 2.01. The van der Waals surface area contributed by atoms with Crippen molar-refractivity contribution in [1.29, 1.82) is 0 Å². The third-order valence-corrected chi connectivity index (χ3v) is 2.75. The van der Waals surface area contributed by atoms with Crippen molar-refractivity contribution in [1.82, 2.24) is 0 Å². The van der Waals surface area contributed by atoms with Crippen LogP contribution in [0.1, 0.15) is 12.0 Å². The number of halogens is 1. The lowest BCUT2D eigenvalue weighted by atomic mass is 10.1. The van der Waals surface area contributed by atoms with E-state index in [9.17, 15) is 9.18 Å². The number of benzene rings is 1. The summed E-state index contributed by atoms with van der Waals surface area (Å²) in [6.45, 7) is 0. The number of phenols is 1. The molecule has 2 unspecified atom stereocenters. The van der Waals surface area contributed by atoms with Gasteiger partial charge in [-0.25, -0.2) is 4.39 Å². The molecule has 2 N–H and O–H groups in total. The molecule has 0 radical (unpaired) electrons. The first-order valence-electron chi connectivity index (χ1n) is 4.78. The van der Waals surface area contributed by atoms with Crippen LogP contribution in [0.2, 0.25) is 0 Å². The number of hydrogen-bond acceptors (Lipinski definition) is 2. The Kier molecular flexibility index (Phi) is 2.34. The van der Waals surface area contributed by atoms with Gasteiger partial charge in [-0.05, 0) is 36.5 Å². The van der Waals surface area contributed by atoms with E-state index in [0.717, 1.165) is 5.56 Å². The highest BCUT2D eigenvalue weighted by atomic mass is 19.1. The summed E-state index contributed by atoms with van der Waals surface area (Å²) in [7, 11) is 0. The summed E-state index contributed by atoms with van der Waals surface area (Å²) in [6, 6.07) is 4.17. The molecule has 0 bridgehead atoms. The second-order valence-electron chi connectivity index (χ2n) is 3.93. The molecule has 1 aliphatic carbocycles. The zero-order valence-corrected chi connectivity index (χ0v) is 7.98. The maximum absolute atomic E-state index is 12.9. The number of carboxylic acid groups (broad SMARTS) is 1. The summed E-state index contributed by atoms with van der Waals surface area (Å²) in [5, 5.41) is 17.7. The first-order valence-corrected chi connectivity index (χ1v) is 4.78. The molecule has 1 aromatic carbocycles. The lowest BCUT2D eigenvalue weighted by Crippen LogP contribution is -2.01. The SMILES string of the molecule is O=C(O)C1CC1Cc1ccc(O)c(F)c1. The van der Waals surface area contributed by atoms with Gasteiger partial charge in [-0.15, -0.1) is 0 Å². The normalized spacial score (nSPS) is 23.8. The highest BCUT2D eigenvalue weighted by molar-refractivity contribution is 5.73. The number of carboxylic acids is 1. The second kappa shape index (κ2) is 3.53. The molecule has 1 saturated carbocycles. The molecule has 4 heteroatoms. The largest absolute Gasteiger partial charge is 0.505 e. The van der Waals surface area contributed by atoms with Crippen molar-refractivity contribution < 1.29 is 19.4 Å². The fourth-order valence-electron chi connectivity index (χ4n) is 1.76. The quantitative estimate of drug-likeness (QED) is 0.799. The van der Waals surface area contributed by atoms with Gasteiger partial charge < -0.3 is 10.2 Å².